The maximum atomic E-state index is 13.0. The molecule has 2 aromatic heterocycles. The molecule has 0 bridgehead atoms. The number of hydrogen-bond acceptors (Lipinski definition) is 7. The first-order valence-electron chi connectivity index (χ1n) is 8.88. The van der Waals surface area contributed by atoms with Crippen LogP contribution in [-0.4, -0.2) is 58.3 Å². The van der Waals surface area contributed by atoms with Crippen LogP contribution in [0.2, 0.25) is 0 Å². The zero-order valence-electron chi connectivity index (χ0n) is 15.4. The van der Waals surface area contributed by atoms with E-state index in [0.29, 0.717) is 31.2 Å². The lowest BCUT2D eigenvalue weighted by Gasteiger charge is -2.26. The highest BCUT2D eigenvalue weighted by atomic mass is 32.2. The predicted molar refractivity (Wildman–Crippen MR) is 102 cm³/mol. The van der Waals surface area contributed by atoms with Crippen LogP contribution >= 0.6 is 0 Å². The highest BCUT2D eigenvalue weighted by Crippen LogP contribution is 2.20. The number of sulfone groups is 1. The molecule has 1 N–H and O–H groups in total. The Morgan fingerprint density at radius 3 is 2.67 bits per heavy atom. The van der Waals surface area contributed by atoms with Gasteiger partial charge >= 0.3 is 0 Å². The molecule has 2 aromatic rings. The van der Waals surface area contributed by atoms with Gasteiger partial charge in [0.05, 0.1) is 11.5 Å². The Kier molecular flexibility index (Phi) is 5.69. The molecule has 144 valence electrons. The van der Waals surface area contributed by atoms with Gasteiger partial charge in [-0.3, -0.25) is 9.78 Å². The summed E-state index contributed by atoms with van der Waals surface area (Å²) >= 11 is 0. The van der Waals surface area contributed by atoms with Crippen molar-refractivity contribution in [3.8, 4) is 0 Å². The van der Waals surface area contributed by atoms with Gasteiger partial charge in [0.2, 0.25) is 5.95 Å². The number of anilines is 1. The fraction of sp³-hybridized carbons (Fsp3) is 0.444. The van der Waals surface area contributed by atoms with E-state index >= 15 is 0 Å². The van der Waals surface area contributed by atoms with Crippen LogP contribution in [0.4, 0.5) is 5.95 Å². The van der Waals surface area contributed by atoms with Crippen molar-refractivity contribution in [2.24, 2.45) is 0 Å². The summed E-state index contributed by atoms with van der Waals surface area (Å²) < 4.78 is 23.5. The van der Waals surface area contributed by atoms with Gasteiger partial charge in [0.1, 0.15) is 5.69 Å². The van der Waals surface area contributed by atoms with Gasteiger partial charge in [0.25, 0.3) is 5.91 Å². The molecule has 3 heterocycles. The van der Waals surface area contributed by atoms with Crippen molar-refractivity contribution in [3.63, 3.8) is 0 Å². The molecule has 0 aromatic carbocycles. The highest BCUT2D eigenvalue weighted by Gasteiger charge is 2.34. The maximum Gasteiger partial charge on any atom is 0.272 e. The Balaban J connectivity index is 1.76. The molecule has 1 fully saturated rings. The second-order valence-corrected chi connectivity index (χ2v) is 8.80. The summed E-state index contributed by atoms with van der Waals surface area (Å²) in [6, 6.07) is 5.10. The van der Waals surface area contributed by atoms with Crippen molar-refractivity contribution in [3.05, 3.63) is 47.5 Å². The second-order valence-electron chi connectivity index (χ2n) is 6.58. The molecule has 1 saturated heterocycles. The van der Waals surface area contributed by atoms with E-state index < -0.39 is 9.84 Å². The molecule has 0 radical (unpaired) electrons. The van der Waals surface area contributed by atoms with Crippen molar-refractivity contribution in [2.45, 2.75) is 32.9 Å². The first kappa shape index (κ1) is 19.2. The van der Waals surface area contributed by atoms with Crippen molar-refractivity contribution in [1.29, 1.82) is 0 Å². The predicted octanol–water partition coefficient (Wildman–Crippen LogP) is 1.44. The topological polar surface area (TPSA) is 105 Å². The largest absolute Gasteiger partial charge is 0.350 e. The zero-order chi connectivity index (χ0) is 19.4. The Morgan fingerprint density at radius 1 is 1.30 bits per heavy atom. The minimum atomic E-state index is -3.07. The van der Waals surface area contributed by atoms with Gasteiger partial charge in [-0.25, -0.2) is 18.4 Å². The molecule has 1 unspecified atom stereocenters. The number of nitrogens with one attached hydrogen (secondary N) is 1. The van der Waals surface area contributed by atoms with Crippen molar-refractivity contribution in [1.82, 2.24) is 19.9 Å². The van der Waals surface area contributed by atoms with E-state index in [1.165, 1.54) is 0 Å². The van der Waals surface area contributed by atoms with Gasteiger partial charge in [-0.15, -0.1) is 0 Å². The number of amides is 1. The van der Waals surface area contributed by atoms with Crippen LogP contribution in [0.3, 0.4) is 0 Å². The molecular weight excluding hydrogens is 366 g/mol. The third-order valence-electron chi connectivity index (χ3n) is 4.52. The molecule has 8 nitrogen and oxygen atoms in total. The van der Waals surface area contributed by atoms with Crippen molar-refractivity contribution < 1.29 is 13.2 Å². The lowest BCUT2D eigenvalue weighted by atomic mass is 10.2. The third kappa shape index (κ3) is 4.79. The normalized spacial score (nSPS) is 18.2. The van der Waals surface area contributed by atoms with E-state index in [0.717, 1.165) is 5.56 Å². The van der Waals surface area contributed by atoms with E-state index in [4.69, 9.17) is 0 Å². The number of pyridine rings is 1. The van der Waals surface area contributed by atoms with Crippen LogP contribution in [0, 0.1) is 6.92 Å². The molecule has 27 heavy (non-hydrogen) atoms. The van der Waals surface area contributed by atoms with Crippen LogP contribution < -0.4 is 5.32 Å². The smallest absolute Gasteiger partial charge is 0.272 e. The Labute approximate surface area is 159 Å². The first-order valence-corrected chi connectivity index (χ1v) is 10.7. The van der Waals surface area contributed by atoms with E-state index in [1.54, 1.807) is 30.3 Å². The van der Waals surface area contributed by atoms with E-state index in [-0.39, 0.29) is 29.1 Å². The van der Waals surface area contributed by atoms with Gasteiger partial charge in [-0.2, -0.15) is 0 Å². The average molecular weight is 389 g/mol. The Hall–Kier alpha value is -2.55. The molecule has 1 atom stereocenters. The summed E-state index contributed by atoms with van der Waals surface area (Å²) in [7, 11) is -3.07. The summed E-state index contributed by atoms with van der Waals surface area (Å²) in [6.45, 7) is 4.59. The van der Waals surface area contributed by atoms with Gasteiger partial charge in [-0.05, 0) is 44.0 Å². The number of hydrogen-bond donors (Lipinski definition) is 1. The quantitative estimate of drug-likeness (QED) is 0.797. The van der Waals surface area contributed by atoms with Crippen molar-refractivity contribution in [2.75, 3.05) is 23.4 Å². The number of carbonyl (C=O) groups excluding carboxylic acids is 1. The van der Waals surface area contributed by atoms with E-state index in [9.17, 15) is 13.2 Å². The third-order valence-corrected chi connectivity index (χ3v) is 6.27. The molecular formula is C18H23N5O3S. The first-order chi connectivity index (χ1) is 12.9. The van der Waals surface area contributed by atoms with Crippen LogP contribution in [-0.2, 0) is 16.4 Å². The van der Waals surface area contributed by atoms with Crippen molar-refractivity contribution >= 4 is 21.7 Å². The molecule has 0 saturated carbocycles. The number of rotatable bonds is 6. The number of nitrogens with zero attached hydrogens (tertiary/aromatic N) is 4. The number of aromatic nitrogens is 3. The van der Waals surface area contributed by atoms with Gasteiger partial charge in [0.15, 0.2) is 9.84 Å². The lowest BCUT2D eigenvalue weighted by molar-refractivity contribution is 0.0702. The Morgan fingerprint density at radius 2 is 2.04 bits per heavy atom. The minimum Gasteiger partial charge on any atom is -0.350 e. The maximum absolute atomic E-state index is 13.0. The molecule has 1 aliphatic rings. The number of aryl methyl sites for hydroxylation is 1. The number of carbonyl (C=O) groups is 1. The molecule has 3 rings (SSSR count). The summed E-state index contributed by atoms with van der Waals surface area (Å²) in [4.78, 5) is 27.2. The summed E-state index contributed by atoms with van der Waals surface area (Å²) in [5.74, 6) is 0.245. The Bertz CT molecular complexity index is 918. The van der Waals surface area contributed by atoms with Crippen LogP contribution in [0.25, 0.3) is 0 Å². The molecule has 0 spiro atoms. The zero-order valence-corrected chi connectivity index (χ0v) is 16.2. The lowest BCUT2D eigenvalue weighted by Crippen LogP contribution is -2.41. The second kappa shape index (κ2) is 7.99. The molecule has 1 aliphatic heterocycles. The molecule has 9 heteroatoms. The molecule has 1 amide bonds. The van der Waals surface area contributed by atoms with Crippen LogP contribution in [0.5, 0.6) is 0 Å². The van der Waals surface area contributed by atoms with E-state index in [2.05, 4.69) is 20.3 Å². The molecule has 0 aliphatic carbocycles. The standard InChI is InChI=1S/C18H23N5O3S/c1-3-23(15-6-9-27(25,26)12-15)17(24)16-10-13(2)21-18(22-16)20-11-14-4-7-19-8-5-14/h4-5,7-8,10,15H,3,6,9,11-12H2,1-2H3,(H,20,21,22). The SMILES string of the molecule is CCN(C(=O)c1cc(C)nc(NCc2ccncc2)n1)C1CCS(=O)(=O)C1. The minimum absolute atomic E-state index is 0.0177. The summed E-state index contributed by atoms with van der Waals surface area (Å²) in [5, 5.41) is 3.12. The fourth-order valence-electron chi connectivity index (χ4n) is 3.17. The highest BCUT2D eigenvalue weighted by molar-refractivity contribution is 7.91. The van der Waals surface area contributed by atoms with Crippen LogP contribution in [0.1, 0.15) is 35.1 Å². The summed E-state index contributed by atoms with van der Waals surface area (Å²) in [5.41, 5.74) is 1.96. The monoisotopic (exact) mass is 389 g/mol. The van der Waals surface area contributed by atoms with Gasteiger partial charge in [-0.1, -0.05) is 0 Å². The van der Waals surface area contributed by atoms with Crippen LogP contribution in [0.15, 0.2) is 30.6 Å². The fourth-order valence-corrected chi connectivity index (χ4v) is 4.91. The van der Waals surface area contributed by atoms with Gasteiger partial charge in [0, 0.05) is 37.2 Å². The summed E-state index contributed by atoms with van der Waals surface area (Å²) in [6.07, 6.45) is 3.88. The average Bonchev–Trinajstić information content (AvgIpc) is 3.00. The van der Waals surface area contributed by atoms with E-state index in [1.807, 2.05) is 19.1 Å². The van der Waals surface area contributed by atoms with Gasteiger partial charge < -0.3 is 10.2 Å².